The minimum Gasteiger partial charge on any atom is -0.361 e. The zero-order chi connectivity index (χ0) is 31.7. The molecule has 0 radical (unpaired) electrons. The monoisotopic (exact) mass is 596 g/mol. The highest BCUT2D eigenvalue weighted by Gasteiger charge is 2.34. The summed E-state index contributed by atoms with van der Waals surface area (Å²) in [5.41, 5.74) is 0.940. The first-order valence-electron chi connectivity index (χ1n) is 14.8. The maximum Gasteiger partial charge on any atom is 0.276 e. The average molecular weight is 597 g/mol. The lowest BCUT2D eigenvalue weighted by Gasteiger charge is -2.32. The van der Waals surface area contributed by atoms with E-state index in [1.165, 1.54) is 16.8 Å². The molecule has 1 fully saturated rings. The van der Waals surface area contributed by atoms with Crippen LogP contribution in [0.4, 0.5) is 0 Å². The average Bonchev–Trinajstić information content (AvgIpc) is 3.42. The van der Waals surface area contributed by atoms with Gasteiger partial charge in [-0.2, -0.15) is 0 Å². The highest BCUT2D eigenvalue weighted by atomic mass is 16.5. The molecule has 43 heavy (non-hydrogen) atoms. The SMILES string of the molecule is CC(C)Cc1cc(C(=O)N2CCCNC(=O)[C@H](Cc3ccccc3)NC(=O)CN(C)C(=O)[C@H](C(C)C)NC(=O)[C@H]2C)no1. The van der Waals surface area contributed by atoms with Gasteiger partial charge in [0.1, 0.15) is 23.9 Å². The van der Waals surface area contributed by atoms with Crippen LogP contribution in [0, 0.1) is 11.8 Å². The lowest BCUT2D eigenvalue weighted by Crippen LogP contribution is -2.57. The minimum atomic E-state index is -0.963. The summed E-state index contributed by atoms with van der Waals surface area (Å²) in [6.45, 7) is 9.22. The molecular weight excluding hydrogens is 552 g/mol. The summed E-state index contributed by atoms with van der Waals surface area (Å²) in [6, 6.07) is 8.11. The van der Waals surface area contributed by atoms with Crippen LogP contribution in [0.25, 0.3) is 0 Å². The molecule has 1 aliphatic rings. The van der Waals surface area contributed by atoms with Crippen LogP contribution in [-0.2, 0) is 32.0 Å². The van der Waals surface area contributed by atoms with E-state index in [9.17, 15) is 24.0 Å². The Hall–Kier alpha value is -4.22. The molecule has 12 heteroatoms. The van der Waals surface area contributed by atoms with E-state index in [0.717, 1.165) is 5.56 Å². The first-order chi connectivity index (χ1) is 20.4. The van der Waals surface area contributed by atoms with Crippen molar-refractivity contribution in [3.05, 3.63) is 53.4 Å². The van der Waals surface area contributed by atoms with Gasteiger partial charge in [0.25, 0.3) is 5.91 Å². The van der Waals surface area contributed by atoms with Gasteiger partial charge in [-0.3, -0.25) is 24.0 Å². The molecule has 1 aromatic carbocycles. The summed E-state index contributed by atoms with van der Waals surface area (Å²) in [5, 5.41) is 12.3. The predicted molar refractivity (Wildman–Crippen MR) is 160 cm³/mol. The van der Waals surface area contributed by atoms with Crippen molar-refractivity contribution in [3.63, 3.8) is 0 Å². The molecule has 234 valence electrons. The van der Waals surface area contributed by atoms with Gasteiger partial charge in [0.05, 0.1) is 6.54 Å². The highest BCUT2D eigenvalue weighted by molar-refractivity contribution is 5.97. The van der Waals surface area contributed by atoms with E-state index in [2.05, 4.69) is 21.1 Å². The van der Waals surface area contributed by atoms with Crippen molar-refractivity contribution in [3.8, 4) is 0 Å². The topological polar surface area (TPSA) is 154 Å². The summed E-state index contributed by atoms with van der Waals surface area (Å²) in [5.74, 6) is -1.81. The molecule has 0 unspecified atom stereocenters. The summed E-state index contributed by atoms with van der Waals surface area (Å²) < 4.78 is 5.36. The molecule has 0 aliphatic carbocycles. The number of carbonyl (C=O) groups excluding carboxylic acids is 5. The van der Waals surface area contributed by atoms with Crippen LogP contribution in [0.1, 0.15) is 62.9 Å². The third kappa shape index (κ3) is 9.39. The van der Waals surface area contributed by atoms with Gasteiger partial charge in [0.15, 0.2) is 5.69 Å². The molecular formula is C31H44N6O6. The van der Waals surface area contributed by atoms with E-state index in [0.29, 0.717) is 24.5 Å². The van der Waals surface area contributed by atoms with Gasteiger partial charge in [0.2, 0.25) is 23.6 Å². The number of hydrogen-bond acceptors (Lipinski definition) is 7. The maximum atomic E-state index is 13.6. The Labute approximate surface area is 252 Å². The van der Waals surface area contributed by atoms with Crippen molar-refractivity contribution in [1.82, 2.24) is 30.9 Å². The zero-order valence-corrected chi connectivity index (χ0v) is 25.9. The maximum absolute atomic E-state index is 13.6. The quantitative estimate of drug-likeness (QED) is 0.457. The van der Waals surface area contributed by atoms with Crippen LogP contribution in [-0.4, -0.2) is 89.3 Å². The summed E-state index contributed by atoms with van der Waals surface area (Å²) >= 11 is 0. The van der Waals surface area contributed by atoms with E-state index in [1.807, 2.05) is 44.2 Å². The van der Waals surface area contributed by atoms with Gasteiger partial charge < -0.3 is 30.3 Å². The van der Waals surface area contributed by atoms with Crippen LogP contribution in [0.3, 0.4) is 0 Å². The molecule has 1 saturated heterocycles. The fourth-order valence-corrected chi connectivity index (χ4v) is 4.87. The Balaban J connectivity index is 1.89. The minimum absolute atomic E-state index is 0.0793. The Morgan fingerprint density at radius 1 is 1.05 bits per heavy atom. The number of rotatable bonds is 6. The third-order valence-corrected chi connectivity index (χ3v) is 7.29. The molecule has 3 atom stereocenters. The molecule has 2 heterocycles. The fourth-order valence-electron chi connectivity index (χ4n) is 4.87. The molecule has 1 aromatic heterocycles. The second-order valence-corrected chi connectivity index (χ2v) is 11.8. The van der Waals surface area contributed by atoms with Crippen molar-refractivity contribution in [2.24, 2.45) is 11.8 Å². The van der Waals surface area contributed by atoms with Crippen LogP contribution in [0.2, 0.25) is 0 Å². The van der Waals surface area contributed by atoms with Gasteiger partial charge in [0, 0.05) is 39.0 Å². The molecule has 12 nitrogen and oxygen atoms in total. The van der Waals surface area contributed by atoms with E-state index in [-0.39, 0.29) is 37.7 Å². The van der Waals surface area contributed by atoms with Gasteiger partial charge in [-0.1, -0.05) is 63.2 Å². The lowest BCUT2D eigenvalue weighted by atomic mass is 10.0. The van der Waals surface area contributed by atoms with Crippen molar-refractivity contribution in [1.29, 1.82) is 0 Å². The molecule has 0 saturated carbocycles. The number of nitrogens with one attached hydrogen (secondary N) is 3. The van der Waals surface area contributed by atoms with Crippen molar-refractivity contribution >= 4 is 29.5 Å². The van der Waals surface area contributed by atoms with E-state index < -0.39 is 47.7 Å². The summed E-state index contributed by atoms with van der Waals surface area (Å²) in [7, 11) is 1.47. The highest BCUT2D eigenvalue weighted by Crippen LogP contribution is 2.15. The van der Waals surface area contributed by atoms with Crippen LogP contribution < -0.4 is 16.0 Å². The standard InChI is InChI=1S/C31H44N6O6/c1-19(2)15-23-17-25(35-43-23)30(41)37-14-10-13-32-29(40)24(16-22-11-8-7-9-12-22)33-26(38)18-36(6)31(42)27(20(3)4)34-28(39)21(37)5/h7-9,11-12,17,19-21,24,27H,10,13-16,18H2,1-6H3,(H,32,40)(H,33,38)(H,34,39)/t21-,24+,27+/m1/s1. The van der Waals surface area contributed by atoms with Crippen LogP contribution in [0.5, 0.6) is 0 Å². The lowest BCUT2D eigenvalue weighted by molar-refractivity contribution is -0.140. The predicted octanol–water partition coefficient (Wildman–Crippen LogP) is 1.55. The third-order valence-electron chi connectivity index (χ3n) is 7.29. The van der Waals surface area contributed by atoms with Gasteiger partial charge in [-0.05, 0) is 30.7 Å². The number of nitrogens with zero attached hydrogens (tertiary/aromatic N) is 3. The zero-order valence-electron chi connectivity index (χ0n) is 25.9. The van der Waals surface area contributed by atoms with Crippen LogP contribution >= 0.6 is 0 Å². The molecule has 0 spiro atoms. The Bertz CT molecular complexity index is 1280. The number of benzene rings is 1. The number of carbonyl (C=O) groups is 5. The van der Waals surface area contributed by atoms with E-state index in [1.54, 1.807) is 26.8 Å². The largest absolute Gasteiger partial charge is 0.361 e. The molecule has 3 rings (SSSR count). The Morgan fingerprint density at radius 2 is 1.74 bits per heavy atom. The van der Waals surface area contributed by atoms with Gasteiger partial charge in [-0.25, -0.2) is 0 Å². The van der Waals surface area contributed by atoms with Crippen molar-refractivity contribution in [2.75, 3.05) is 26.7 Å². The molecule has 2 aromatic rings. The second kappa shape index (κ2) is 15.3. The van der Waals surface area contributed by atoms with E-state index in [4.69, 9.17) is 4.52 Å². The first-order valence-corrected chi connectivity index (χ1v) is 14.8. The Morgan fingerprint density at radius 3 is 2.40 bits per heavy atom. The molecule has 3 N–H and O–H groups in total. The normalized spacial score (nSPS) is 21.5. The van der Waals surface area contributed by atoms with Crippen molar-refractivity contribution in [2.45, 2.75) is 72.0 Å². The smallest absolute Gasteiger partial charge is 0.276 e. The van der Waals surface area contributed by atoms with Crippen molar-refractivity contribution < 1.29 is 28.5 Å². The first kappa shape index (κ1) is 33.3. The summed E-state index contributed by atoms with van der Waals surface area (Å²) in [4.78, 5) is 69.2. The fraction of sp³-hybridized carbons (Fsp3) is 0.548. The molecule has 5 amide bonds. The number of likely N-dealkylation sites (N-methyl/N-ethyl adjacent to an activating group) is 1. The number of hydrogen-bond donors (Lipinski definition) is 3. The second-order valence-electron chi connectivity index (χ2n) is 11.8. The van der Waals surface area contributed by atoms with Crippen LogP contribution in [0.15, 0.2) is 40.9 Å². The Kier molecular flexibility index (Phi) is 11.8. The van der Waals surface area contributed by atoms with Gasteiger partial charge in [-0.15, -0.1) is 0 Å². The van der Waals surface area contributed by atoms with Gasteiger partial charge >= 0.3 is 0 Å². The number of amides is 5. The van der Waals surface area contributed by atoms with E-state index >= 15 is 0 Å². The summed E-state index contributed by atoms with van der Waals surface area (Å²) in [6.07, 6.45) is 1.19. The molecule has 0 bridgehead atoms. The number of aromatic nitrogens is 1. The molecule has 1 aliphatic heterocycles.